The van der Waals surface area contributed by atoms with Gasteiger partial charge in [0.1, 0.15) is 5.75 Å². The molecule has 28 heavy (non-hydrogen) atoms. The third-order valence-corrected chi connectivity index (χ3v) is 7.13. The summed E-state index contributed by atoms with van der Waals surface area (Å²) in [6.07, 6.45) is 0.884. The molecule has 1 aromatic carbocycles. The number of carbonyl (C=O) groups is 1. The van der Waals surface area contributed by atoms with Gasteiger partial charge in [-0.05, 0) is 42.7 Å². The van der Waals surface area contributed by atoms with Crippen molar-refractivity contribution in [1.82, 2.24) is 8.87 Å². The summed E-state index contributed by atoms with van der Waals surface area (Å²) in [6, 6.07) is 11.1. The van der Waals surface area contributed by atoms with Crippen molar-refractivity contribution in [2.45, 2.75) is 23.8 Å². The first-order valence-corrected chi connectivity index (χ1v) is 10.5. The number of amides is 1. The Morgan fingerprint density at radius 1 is 1.11 bits per heavy atom. The number of nitrogens with two attached hydrogens (primary N) is 1. The maximum absolute atomic E-state index is 13.1. The number of hydrogen-bond donors (Lipinski definition) is 1. The maximum atomic E-state index is 13.1. The molecule has 1 fully saturated rings. The topological polar surface area (TPSA) is 112 Å². The minimum atomic E-state index is -3.67. The monoisotopic (exact) mass is 403 g/mol. The predicted molar refractivity (Wildman–Crippen MR) is 101 cm³/mol. The third-order valence-electron chi connectivity index (χ3n) is 5.29. The van der Waals surface area contributed by atoms with Gasteiger partial charge < -0.3 is 15.0 Å². The molecule has 4 rings (SSSR count). The number of benzene rings is 1. The molecule has 9 heteroatoms. The van der Waals surface area contributed by atoms with Crippen LogP contribution in [0.15, 0.2) is 52.2 Å². The predicted octanol–water partition coefficient (Wildman–Crippen LogP) is 0.520. The largest absolute Gasteiger partial charge is 0.484 e. The van der Waals surface area contributed by atoms with Crippen LogP contribution in [0.3, 0.4) is 0 Å². The molecule has 3 heterocycles. The van der Waals surface area contributed by atoms with Crippen LogP contribution in [0.4, 0.5) is 0 Å². The molecule has 0 radical (unpaired) electrons. The SMILES string of the molecule is NC(=O)COc1ccc(S(=O)(=O)N2CC3CC(C2)c2cccc(=O)n2C3)cc1. The summed E-state index contributed by atoms with van der Waals surface area (Å²) in [4.78, 5) is 23.1. The zero-order valence-electron chi connectivity index (χ0n) is 15.2. The van der Waals surface area contributed by atoms with Gasteiger partial charge in [-0.1, -0.05) is 6.07 Å². The molecule has 2 aliphatic heterocycles. The molecule has 0 aliphatic carbocycles. The van der Waals surface area contributed by atoms with Crippen molar-refractivity contribution in [3.05, 3.63) is 58.5 Å². The summed E-state index contributed by atoms with van der Waals surface area (Å²) >= 11 is 0. The van der Waals surface area contributed by atoms with Gasteiger partial charge in [0.15, 0.2) is 6.61 Å². The minimum Gasteiger partial charge on any atom is -0.484 e. The number of ether oxygens (including phenoxy) is 1. The van der Waals surface area contributed by atoms with E-state index >= 15 is 0 Å². The fourth-order valence-electron chi connectivity index (χ4n) is 4.06. The molecule has 8 nitrogen and oxygen atoms in total. The highest BCUT2D eigenvalue weighted by Gasteiger charge is 2.39. The van der Waals surface area contributed by atoms with E-state index in [9.17, 15) is 18.0 Å². The zero-order valence-corrected chi connectivity index (χ0v) is 16.0. The van der Waals surface area contributed by atoms with Crippen LogP contribution < -0.4 is 16.0 Å². The van der Waals surface area contributed by atoms with E-state index in [2.05, 4.69) is 0 Å². The zero-order chi connectivity index (χ0) is 19.9. The number of nitrogens with zero attached hydrogens (tertiary/aromatic N) is 2. The van der Waals surface area contributed by atoms with Crippen LogP contribution >= 0.6 is 0 Å². The molecule has 2 atom stereocenters. The number of fused-ring (bicyclic) bond motifs is 4. The fraction of sp³-hybridized carbons (Fsp3) is 0.368. The van der Waals surface area contributed by atoms with Crippen LogP contribution in [-0.2, 0) is 21.4 Å². The average Bonchev–Trinajstić information content (AvgIpc) is 2.67. The Labute approximate surface area is 162 Å². The first-order valence-electron chi connectivity index (χ1n) is 9.05. The fourth-order valence-corrected chi connectivity index (χ4v) is 5.62. The normalized spacial score (nSPS) is 21.7. The summed E-state index contributed by atoms with van der Waals surface area (Å²) in [6.45, 7) is 1.01. The van der Waals surface area contributed by atoms with E-state index in [0.29, 0.717) is 25.4 Å². The number of aromatic nitrogens is 1. The van der Waals surface area contributed by atoms with E-state index in [4.69, 9.17) is 10.5 Å². The molecule has 1 aromatic heterocycles. The average molecular weight is 403 g/mol. The highest BCUT2D eigenvalue weighted by Crippen LogP contribution is 2.37. The van der Waals surface area contributed by atoms with Gasteiger partial charge in [-0.15, -0.1) is 0 Å². The summed E-state index contributed by atoms with van der Waals surface area (Å²) in [5.74, 6) is -0.105. The Hall–Kier alpha value is -2.65. The van der Waals surface area contributed by atoms with Crippen LogP contribution in [-0.4, -0.2) is 42.9 Å². The first-order chi connectivity index (χ1) is 13.3. The lowest BCUT2D eigenvalue weighted by Gasteiger charge is -2.42. The van der Waals surface area contributed by atoms with Crippen LogP contribution in [0.5, 0.6) is 5.75 Å². The molecule has 2 N–H and O–H groups in total. The van der Waals surface area contributed by atoms with Gasteiger partial charge in [0, 0.05) is 37.3 Å². The van der Waals surface area contributed by atoms with E-state index < -0.39 is 15.9 Å². The smallest absolute Gasteiger partial charge is 0.255 e. The van der Waals surface area contributed by atoms with Gasteiger partial charge >= 0.3 is 0 Å². The molecule has 2 bridgehead atoms. The standard InChI is InChI=1S/C19H21N3O5S/c20-18(23)12-27-15-4-6-16(7-5-15)28(25,26)21-9-13-8-14(11-21)17-2-1-3-19(24)22(17)10-13/h1-7,13-14H,8-12H2,(H2,20,23). The lowest BCUT2D eigenvalue weighted by Crippen LogP contribution is -2.48. The van der Waals surface area contributed by atoms with E-state index in [1.807, 2.05) is 6.07 Å². The molecule has 2 unspecified atom stereocenters. The van der Waals surface area contributed by atoms with E-state index in [1.165, 1.54) is 28.6 Å². The molecule has 0 saturated carbocycles. The maximum Gasteiger partial charge on any atom is 0.255 e. The van der Waals surface area contributed by atoms with Gasteiger partial charge in [-0.3, -0.25) is 9.59 Å². The summed E-state index contributed by atoms with van der Waals surface area (Å²) in [5, 5.41) is 0. The van der Waals surface area contributed by atoms with Crippen molar-refractivity contribution >= 4 is 15.9 Å². The Bertz CT molecular complexity index is 1060. The molecule has 148 valence electrons. The molecular formula is C19H21N3O5S. The van der Waals surface area contributed by atoms with Crippen molar-refractivity contribution in [1.29, 1.82) is 0 Å². The van der Waals surface area contributed by atoms with Gasteiger partial charge in [0.2, 0.25) is 10.0 Å². The third kappa shape index (κ3) is 3.43. The van der Waals surface area contributed by atoms with Crippen LogP contribution in [0, 0.1) is 5.92 Å². The van der Waals surface area contributed by atoms with E-state index in [0.717, 1.165) is 12.1 Å². The summed E-state index contributed by atoms with van der Waals surface area (Å²) < 4.78 is 34.7. The Balaban J connectivity index is 1.56. The number of primary amides is 1. The van der Waals surface area contributed by atoms with Gasteiger partial charge in [0.25, 0.3) is 11.5 Å². The summed E-state index contributed by atoms with van der Waals surface area (Å²) in [7, 11) is -3.67. The van der Waals surface area contributed by atoms with Gasteiger partial charge in [-0.25, -0.2) is 8.42 Å². The molecule has 0 spiro atoms. The molecule has 1 amide bonds. The van der Waals surface area contributed by atoms with Gasteiger partial charge in [-0.2, -0.15) is 4.31 Å². The first kappa shape index (κ1) is 18.7. The van der Waals surface area contributed by atoms with Crippen molar-refractivity contribution in [3.63, 3.8) is 0 Å². The van der Waals surface area contributed by atoms with Gasteiger partial charge in [0.05, 0.1) is 4.90 Å². The second kappa shape index (κ2) is 7.06. The number of carbonyl (C=O) groups excluding carboxylic acids is 1. The van der Waals surface area contributed by atoms with Crippen LogP contribution in [0.25, 0.3) is 0 Å². The van der Waals surface area contributed by atoms with E-state index in [1.54, 1.807) is 16.7 Å². The van der Waals surface area contributed by atoms with E-state index in [-0.39, 0.29) is 28.9 Å². The Kier molecular flexibility index (Phi) is 4.72. The second-order valence-electron chi connectivity index (χ2n) is 7.25. The number of pyridine rings is 1. The number of sulfonamides is 1. The van der Waals surface area contributed by atoms with Crippen molar-refractivity contribution in [2.24, 2.45) is 11.7 Å². The van der Waals surface area contributed by atoms with Crippen molar-refractivity contribution < 1.29 is 17.9 Å². The molecular weight excluding hydrogens is 382 g/mol. The minimum absolute atomic E-state index is 0.00866. The number of piperidine rings is 1. The lowest BCUT2D eigenvalue weighted by molar-refractivity contribution is -0.119. The number of hydrogen-bond acceptors (Lipinski definition) is 5. The van der Waals surface area contributed by atoms with Crippen LogP contribution in [0.2, 0.25) is 0 Å². The molecule has 2 aromatic rings. The quantitative estimate of drug-likeness (QED) is 0.782. The number of rotatable bonds is 5. The Morgan fingerprint density at radius 2 is 1.86 bits per heavy atom. The lowest BCUT2D eigenvalue weighted by atomic mass is 9.84. The highest BCUT2D eigenvalue weighted by molar-refractivity contribution is 7.89. The van der Waals surface area contributed by atoms with Crippen molar-refractivity contribution in [2.75, 3.05) is 19.7 Å². The second-order valence-corrected chi connectivity index (χ2v) is 9.18. The van der Waals surface area contributed by atoms with Crippen LogP contribution in [0.1, 0.15) is 18.0 Å². The highest BCUT2D eigenvalue weighted by atomic mass is 32.2. The Morgan fingerprint density at radius 3 is 2.57 bits per heavy atom. The molecule has 2 aliphatic rings. The molecule has 1 saturated heterocycles. The van der Waals surface area contributed by atoms with Crippen molar-refractivity contribution in [3.8, 4) is 5.75 Å². The summed E-state index contributed by atoms with van der Waals surface area (Å²) in [5.41, 5.74) is 5.91.